The summed E-state index contributed by atoms with van der Waals surface area (Å²) < 4.78 is 3.00. The molecule has 90 valence electrons. The van der Waals surface area contributed by atoms with E-state index < -0.39 is 0 Å². The van der Waals surface area contributed by atoms with Crippen LogP contribution in [0.25, 0.3) is 0 Å². The molecule has 2 rings (SSSR count). The molecule has 0 saturated carbocycles. The van der Waals surface area contributed by atoms with Gasteiger partial charge in [0, 0.05) is 12.9 Å². The summed E-state index contributed by atoms with van der Waals surface area (Å²) in [4.78, 5) is 1.21. The van der Waals surface area contributed by atoms with Gasteiger partial charge >= 0.3 is 0 Å². The van der Waals surface area contributed by atoms with Crippen LogP contribution in [0.1, 0.15) is 16.5 Å². The van der Waals surface area contributed by atoms with Crippen molar-refractivity contribution in [3.05, 3.63) is 53.2 Å². The van der Waals surface area contributed by atoms with Gasteiger partial charge in [-0.15, -0.1) is 11.3 Å². The second-order valence-corrected chi connectivity index (χ2v) is 7.33. The summed E-state index contributed by atoms with van der Waals surface area (Å²) in [5.74, 6) is 0. The number of thiophene rings is 1. The average Bonchev–Trinajstić information content (AvgIpc) is 2.60. The molecule has 1 N–H and O–H groups in total. The van der Waals surface area contributed by atoms with E-state index in [1.165, 1.54) is 14.0 Å². The number of hydrogen-bond donors (Lipinski definition) is 1. The molecule has 1 aromatic carbocycles. The molecule has 1 nitrogen and oxygen atoms in total. The van der Waals surface area contributed by atoms with Crippen molar-refractivity contribution in [1.29, 1.82) is 0 Å². The lowest BCUT2D eigenvalue weighted by atomic mass is 10.1. The van der Waals surface area contributed by atoms with Crippen molar-refractivity contribution in [2.75, 3.05) is 7.05 Å². The van der Waals surface area contributed by atoms with Gasteiger partial charge in [0.2, 0.25) is 0 Å². The minimum Gasteiger partial charge on any atom is -0.309 e. The lowest BCUT2D eigenvalue weighted by molar-refractivity contribution is 0.703. The van der Waals surface area contributed by atoms with Gasteiger partial charge in [-0.3, -0.25) is 0 Å². The quantitative estimate of drug-likeness (QED) is 0.654. The maximum absolute atomic E-state index is 6.09. The molecular formula is C12H10BrClINS. The number of nitrogens with one attached hydrogen (secondary N) is 1. The highest BCUT2D eigenvalue weighted by Crippen LogP contribution is 2.37. The number of halogens is 3. The molecular weight excluding hydrogens is 432 g/mol. The highest BCUT2D eigenvalue weighted by Gasteiger charge is 2.16. The summed E-state index contributed by atoms with van der Waals surface area (Å²) in [5, 5.41) is 3.33. The Balaban J connectivity index is 2.39. The first-order chi connectivity index (χ1) is 8.11. The SMILES string of the molecule is CNC(c1cccc(I)c1)c1cc(Br)c(Cl)s1. The Morgan fingerprint density at radius 3 is 2.71 bits per heavy atom. The predicted molar refractivity (Wildman–Crippen MR) is 87.1 cm³/mol. The fourth-order valence-corrected chi connectivity index (χ4v) is 4.11. The second kappa shape index (κ2) is 6.02. The Morgan fingerprint density at radius 2 is 2.18 bits per heavy atom. The minimum absolute atomic E-state index is 0.193. The molecule has 1 aromatic heterocycles. The van der Waals surface area contributed by atoms with Crippen LogP contribution in [0.5, 0.6) is 0 Å². The van der Waals surface area contributed by atoms with Crippen LogP contribution in [0, 0.1) is 3.57 Å². The van der Waals surface area contributed by atoms with E-state index in [0.29, 0.717) is 0 Å². The largest absolute Gasteiger partial charge is 0.309 e. The molecule has 0 fully saturated rings. The van der Waals surface area contributed by atoms with E-state index in [0.717, 1.165) is 8.81 Å². The molecule has 2 aromatic rings. The standard InChI is InChI=1S/C12H10BrClINS/c1-16-11(7-3-2-4-8(15)5-7)10-6-9(13)12(14)17-10/h2-6,11,16H,1H3. The summed E-state index contributed by atoms with van der Waals surface area (Å²) in [5.41, 5.74) is 1.25. The van der Waals surface area contributed by atoms with E-state index in [1.54, 1.807) is 11.3 Å². The normalized spacial score (nSPS) is 12.7. The van der Waals surface area contributed by atoms with Gasteiger partial charge in [-0.25, -0.2) is 0 Å². The lowest BCUT2D eigenvalue weighted by Gasteiger charge is -2.15. The highest BCUT2D eigenvalue weighted by atomic mass is 127. The van der Waals surface area contributed by atoms with Gasteiger partial charge in [0.15, 0.2) is 0 Å². The number of hydrogen-bond acceptors (Lipinski definition) is 2. The number of benzene rings is 1. The van der Waals surface area contributed by atoms with E-state index in [9.17, 15) is 0 Å². The predicted octanol–water partition coefficient (Wildman–Crippen LogP) is 5.08. The third-order valence-corrected chi connectivity index (χ3v) is 5.63. The van der Waals surface area contributed by atoms with Crippen LogP contribution >= 0.6 is 61.5 Å². The zero-order chi connectivity index (χ0) is 12.4. The molecule has 5 heteroatoms. The first kappa shape index (κ1) is 13.8. The Hall–Kier alpha value is 0.380. The molecule has 1 heterocycles. The van der Waals surface area contributed by atoms with Gasteiger partial charge in [0.25, 0.3) is 0 Å². The van der Waals surface area contributed by atoms with E-state index in [1.807, 2.05) is 7.05 Å². The summed E-state index contributed by atoms with van der Waals surface area (Å²) in [6.07, 6.45) is 0. The average molecular weight is 443 g/mol. The molecule has 0 saturated heterocycles. The van der Waals surface area contributed by atoms with Crippen LogP contribution in [0.2, 0.25) is 4.34 Å². The van der Waals surface area contributed by atoms with E-state index >= 15 is 0 Å². The summed E-state index contributed by atoms with van der Waals surface area (Å²) in [6.45, 7) is 0. The van der Waals surface area contributed by atoms with Crippen LogP contribution in [0.4, 0.5) is 0 Å². The molecule has 0 amide bonds. The molecule has 0 spiro atoms. The summed E-state index contributed by atoms with van der Waals surface area (Å²) in [7, 11) is 1.96. The van der Waals surface area contributed by atoms with Gasteiger partial charge in [-0.05, 0) is 69.3 Å². The van der Waals surface area contributed by atoms with Crippen molar-refractivity contribution >= 4 is 61.5 Å². The smallest absolute Gasteiger partial charge is 0.107 e. The van der Waals surface area contributed by atoms with Gasteiger partial charge in [-0.1, -0.05) is 23.7 Å². The molecule has 0 aliphatic carbocycles. The fraction of sp³-hybridized carbons (Fsp3) is 0.167. The van der Waals surface area contributed by atoms with Crippen LogP contribution in [-0.4, -0.2) is 7.05 Å². The van der Waals surface area contributed by atoms with Gasteiger partial charge < -0.3 is 5.32 Å². The minimum atomic E-state index is 0.193. The van der Waals surface area contributed by atoms with Gasteiger partial charge in [0.1, 0.15) is 4.34 Å². The monoisotopic (exact) mass is 441 g/mol. The highest BCUT2D eigenvalue weighted by molar-refractivity contribution is 14.1. The zero-order valence-electron chi connectivity index (χ0n) is 9.01. The Kier molecular flexibility index (Phi) is 4.88. The third kappa shape index (κ3) is 3.23. The molecule has 0 radical (unpaired) electrons. The molecule has 0 aliphatic heterocycles. The van der Waals surface area contributed by atoms with Crippen LogP contribution in [-0.2, 0) is 0 Å². The van der Waals surface area contributed by atoms with Crippen LogP contribution in [0.3, 0.4) is 0 Å². The molecule has 1 atom stereocenters. The number of rotatable bonds is 3. The topological polar surface area (TPSA) is 12.0 Å². The van der Waals surface area contributed by atoms with E-state index in [-0.39, 0.29) is 6.04 Å². The fourth-order valence-electron chi connectivity index (χ4n) is 1.66. The van der Waals surface area contributed by atoms with Gasteiger partial charge in [0.05, 0.1) is 6.04 Å². The van der Waals surface area contributed by atoms with Crippen molar-refractivity contribution in [3.63, 3.8) is 0 Å². The molecule has 1 unspecified atom stereocenters. The van der Waals surface area contributed by atoms with Gasteiger partial charge in [-0.2, -0.15) is 0 Å². The summed E-state index contributed by atoms with van der Waals surface area (Å²) in [6, 6.07) is 10.8. The van der Waals surface area contributed by atoms with Crippen molar-refractivity contribution in [3.8, 4) is 0 Å². The van der Waals surface area contributed by atoms with Crippen molar-refractivity contribution in [2.45, 2.75) is 6.04 Å². The first-order valence-electron chi connectivity index (χ1n) is 4.99. The Morgan fingerprint density at radius 1 is 1.41 bits per heavy atom. The maximum Gasteiger partial charge on any atom is 0.107 e. The summed E-state index contributed by atoms with van der Waals surface area (Å²) >= 11 is 13.5. The zero-order valence-corrected chi connectivity index (χ0v) is 14.3. The van der Waals surface area contributed by atoms with Crippen molar-refractivity contribution < 1.29 is 0 Å². The maximum atomic E-state index is 6.09. The molecule has 0 aliphatic rings. The molecule has 17 heavy (non-hydrogen) atoms. The Bertz CT molecular complexity index is 509. The van der Waals surface area contributed by atoms with Crippen LogP contribution < -0.4 is 5.32 Å². The Labute approximate surface area is 132 Å². The van der Waals surface area contributed by atoms with Crippen molar-refractivity contribution in [2.24, 2.45) is 0 Å². The van der Waals surface area contributed by atoms with E-state index in [4.69, 9.17) is 11.6 Å². The van der Waals surface area contributed by atoms with E-state index in [2.05, 4.69) is 74.2 Å². The first-order valence-corrected chi connectivity index (χ1v) is 8.06. The van der Waals surface area contributed by atoms with Crippen molar-refractivity contribution in [1.82, 2.24) is 5.32 Å². The second-order valence-electron chi connectivity index (χ2n) is 3.55. The molecule has 0 bridgehead atoms. The van der Waals surface area contributed by atoms with Crippen LogP contribution in [0.15, 0.2) is 34.8 Å². The third-order valence-electron chi connectivity index (χ3n) is 2.42. The lowest BCUT2D eigenvalue weighted by Crippen LogP contribution is -2.16.